The van der Waals surface area contributed by atoms with Crippen LogP contribution in [0.3, 0.4) is 0 Å². The first kappa shape index (κ1) is 23.7. The second-order valence-corrected chi connectivity index (χ2v) is 10.5. The van der Waals surface area contributed by atoms with E-state index in [1.54, 1.807) is 42.5 Å². The van der Waals surface area contributed by atoms with Crippen LogP contribution in [-0.4, -0.2) is 72.8 Å². The van der Waals surface area contributed by atoms with Gasteiger partial charge in [-0.3, -0.25) is 14.3 Å². The molecule has 1 aliphatic heterocycles. The third kappa shape index (κ3) is 5.72. The molecule has 1 fully saturated rings. The molecule has 13 heteroatoms. The molecule has 3 heterocycles. The molecule has 0 unspecified atom stereocenters. The van der Waals surface area contributed by atoms with E-state index >= 15 is 0 Å². The van der Waals surface area contributed by atoms with Gasteiger partial charge in [0.1, 0.15) is 0 Å². The fourth-order valence-corrected chi connectivity index (χ4v) is 4.42. The van der Waals surface area contributed by atoms with Crippen molar-refractivity contribution in [3.8, 4) is 5.82 Å². The first-order chi connectivity index (χ1) is 16.1. The molecule has 0 bridgehead atoms. The number of hydrogen-bond donors (Lipinski definition) is 2. The minimum absolute atomic E-state index is 0.0581. The van der Waals surface area contributed by atoms with Crippen molar-refractivity contribution in [2.75, 3.05) is 47.9 Å². The number of rotatable bonds is 6. The van der Waals surface area contributed by atoms with E-state index in [0.717, 1.165) is 18.5 Å². The van der Waals surface area contributed by atoms with E-state index in [9.17, 15) is 18.0 Å². The van der Waals surface area contributed by atoms with Gasteiger partial charge >= 0.3 is 0 Å². The number of carbonyl (C=O) groups excluding carboxylic acids is 2. The first-order valence-electron chi connectivity index (χ1n) is 10.2. The maximum absolute atomic E-state index is 12.7. The third-order valence-electron chi connectivity index (χ3n) is 5.09. The summed E-state index contributed by atoms with van der Waals surface area (Å²) in [6.07, 6.45) is 5.68. The summed E-state index contributed by atoms with van der Waals surface area (Å²) in [7, 11) is -1.67. The Kier molecular flexibility index (Phi) is 6.57. The molecule has 0 radical (unpaired) electrons. The fourth-order valence-electron chi connectivity index (χ4n) is 3.38. The Morgan fingerprint density at radius 3 is 2.56 bits per heavy atom. The van der Waals surface area contributed by atoms with E-state index in [0.29, 0.717) is 40.3 Å². The molecule has 34 heavy (non-hydrogen) atoms. The summed E-state index contributed by atoms with van der Waals surface area (Å²) in [6, 6.07) is 8.38. The van der Waals surface area contributed by atoms with Gasteiger partial charge in [0.25, 0.3) is 5.91 Å². The largest absolute Gasteiger partial charge is 0.359 e. The van der Waals surface area contributed by atoms with Crippen LogP contribution in [0.5, 0.6) is 0 Å². The highest BCUT2D eigenvalue weighted by Gasteiger charge is 2.21. The minimum atomic E-state index is -3.46. The molecule has 0 aliphatic carbocycles. The quantitative estimate of drug-likeness (QED) is 0.482. The Labute approximate surface area is 204 Å². The summed E-state index contributed by atoms with van der Waals surface area (Å²) >= 11 is 3.31. The molecule has 0 spiro atoms. The van der Waals surface area contributed by atoms with Crippen LogP contribution >= 0.6 is 15.9 Å². The zero-order chi connectivity index (χ0) is 24.5. The number of aromatic nitrogens is 3. The molecule has 2 N–H and O–H groups in total. The maximum atomic E-state index is 12.7. The average Bonchev–Trinajstić information content (AvgIpc) is 3.25. The summed E-state index contributed by atoms with van der Waals surface area (Å²) in [4.78, 5) is 32.7. The second kappa shape index (κ2) is 9.43. The number of hydrogen-bond acceptors (Lipinski definition) is 7. The van der Waals surface area contributed by atoms with E-state index in [2.05, 4.69) is 36.1 Å². The number of sulfonamides is 1. The lowest BCUT2D eigenvalue weighted by Crippen LogP contribution is -2.48. The summed E-state index contributed by atoms with van der Waals surface area (Å²) in [5, 5.41) is 6.94. The van der Waals surface area contributed by atoms with E-state index in [4.69, 9.17) is 0 Å². The van der Waals surface area contributed by atoms with Gasteiger partial charge in [0.15, 0.2) is 5.82 Å². The molecule has 4 rings (SSSR count). The van der Waals surface area contributed by atoms with E-state index < -0.39 is 15.9 Å². The van der Waals surface area contributed by atoms with Gasteiger partial charge in [-0.15, -0.1) is 0 Å². The van der Waals surface area contributed by atoms with Gasteiger partial charge in [-0.25, -0.2) is 18.1 Å². The van der Waals surface area contributed by atoms with Crippen molar-refractivity contribution in [3.05, 3.63) is 59.0 Å². The number of carbonyl (C=O) groups is 2. The van der Waals surface area contributed by atoms with Crippen LogP contribution in [0.1, 0.15) is 10.4 Å². The van der Waals surface area contributed by atoms with E-state index in [1.165, 1.54) is 16.9 Å². The number of nitrogens with one attached hydrogen (secondary N) is 2. The molecule has 2 aromatic heterocycles. The second-order valence-electron chi connectivity index (χ2n) is 7.84. The van der Waals surface area contributed by atoms with Crippen molar-refractivity contribution in [2.45, 2.75) is 0 Å². The van der Waals surface area contributed by atoms with Gasteiger partial charge < -0.3 is 15.1 Å². The standard InChI is InChI=1S/C21H22BrN7O4S/c1-27-5-6-28(13-20(27)30)18-3-4-19(23-11-18)29-12-14(10-24-29)21(31)25-16-7-15(22)8-17(9-16)26-34(2,32)33/h3-4,7-12,26H,5-6,13H2,1-2H3,(H,25,31). The molecule has 178 valence electrons. The third-order valence-corrected chi connectivity index (χ3v) is 6.16. The molecule has 2 amide bonds. The Morgan fingerprint density at radius 2 is 1.88 bits per heavy atom. The number of nitrogens with zero attached hydrogens (tertiary/aromatic N) is 5. The number of likely N-dealkylation sites (N-methyl/N-ethyl adjacent to an activating group) is 1. The lowest BCUT2D eigenvalue weighted by molar-refractivity contribution is -0.129. The predicted molar refractivity (Wildman–Crippen MR) is 132 cm³/mol. The molecule has 1 aromatic carbocycles. The monoisotopic (exact) mass is 547 g/mol. The molecular formula is C21H22BrN7O4S. The van der Waals surface area contributed by atoms with Gasteiger partial charge in [-0.05, 0) is 30.3 Å². The molecule has 3 aromatic rings. The van der Waals surface area contributed by atoms with Crippen LogP contribution in [-0.2, 0) is 14.8 Å². The van der Waals surface area contributed by atoms with Gasteiger partial charge in [-0.2, -0.15) is 5.10 Å². The summed E-state index contributed by atoms with van der Waals surface area (Å²) in [6.45, 7) is 1.69. The van der Waals surface area contributed by atoms with Crippen LogP contribution in [0.2, 0.25) is 0 Å². The predicted octanol–water partition coefficient (Wildman–Crippen LogP) is 1.93. The number of benzene rings is 1. The highest BCUT2D eigenvalue weighted by molar-refractivity contribution is 9.10. The van der Waals surface area contributed by atoms with Crippen molar-refractivity contribution in [3.63, 3.8) is 0 Å². The molecule has 0 saturated carbocycles. The van der Waals surface area contributed by atoms with Crippen LogP contribution in [0.25, 0.3) is 5.82 Å². The molecular weight excluding hydrogens is 526 g/mol. The Bertz CT molecular complexity index is 1340. The molecule has 1 aliphatic rings. The lowest BCUT2D eigenvalue weighted by atomic mass is 10.2. The van der Waals surface area contributed by atoms with Crippen LogP contribution in [0, 0.1) is 0 Å². The molecule has 0 atom stereocenters. The van der Waals surface area contributed by atoms with Crippen LogP contribution in [0.15, 0.2) is 53.4 Å². The number of halogens is 1. The highest BCUT2D eigenvalue weighted by Crippen LogP contribution is 2.24. The van der Waals surface area contributed by atoms with Crippen molar-refractivity contribution >= 4 is 54.8 Å². The van der Waals surface area contributed by atoms with Crippen LogP contribution in [0.4, 0.5) is 17.1 Å². The van der Waals surface area contributed by atoms with Crippen molar-refractivity contribution in [1.29, 1.82) is 0 Å². The van der Waals surface area contributed by atoms with Gasteiger partial charge in [-0.1, -0.05) is 15.9 Å². The Balaban J connectivity index is 1.45. The van der Waals surface area contributed by atoms with Gasteiger partial charge in [0.05, 0.1) is 42.1 Å². The normalized spacial score (nSPS) is 14.3. The highest BCUT2D eigenvalue weighted by atomic mass is 79.9. The van der Waals surface area contributed by atoms with Crippen molar-refractivity contribution < 1.29 is 18.0 Å². The van der Waals surface area contributed by atoms with Crippen molar-refractivity contribution in [2.24, 2.45) is 0 Å². The zero-order valence-corrected chi connectivity index (χ0v) is 20.8. The maximum Gasteiger partial charge on any atom is 0.258 e. The number of pyridine rings is 1. The molecule has 1 saturated heterocycles. The van der Waals surface area contributed by atoms with Crippen molar-refractivity contribution in [1.82, 2.24) is 19.7 Å². The molecule has 11 nitrogen and oxygen atoms in total. The Morgan fingerprint density at radius 1 is 1.12 bits per heavy atom. The summed E-state index contributed by atoms with van der Waals surface area (Å²) in [5.74, 6) is 0.162. The topological polar surface area (TPSA) is 130 Å². The Hall–Kier alpha value is -3.45. The fraction of sp³-hybridized carbons (Fsp3) is 0.238. The summed E-state index contributed by atoms with van der Waals surface area (Å²) in [5.41, 5.74) is 1.85. The van der Waals surface area contributed by atoms with E-state index in [-0.39, 0.29) is 5.91 Å². The number of piperazine rings is 1. The zero-order valence-electron chi connectivity index (χ0n) is 18.4. The number of anilines is 3. The smallest absolute Gasteiger partial charge is 0.258 e. The summed E-state index contributed by atoms with van der Waals surface area (Å²) < 4.78 is 27.4. The lowest BCUT2D eigenvalue weighted by Gasteiger charge is -2.33. The SMILES string of the molecule is CN1CCN(c2ccc(-n3cc(C(=O)Nc4cc(Br)cc(NS(C)(=O)=O)c4)cn3)nc2)CC1=O. The van der Waals surface area contributed by atoms with E-state index in [1.807, 2.05) is 11.0 Å². The average molecular weight is 548 g/mol. The number of amides is 2. The first-order valence-corrected chi connectivity index (χ1v) is 12.9. The van der Waals surface area contributed by atoms with Crippen LogP contribution < -0.4 is 14.9 Å². The van der Waals surface area contributed by atoms with Gasteiger partial charge in [0.2, 0.25) is 15.9 Å². The van der Waals surface area contributed by atoms with Gasteiger partial charge in [0, 0.05) is 36.5 Å². The minimum Gasteiger partial charge on any atom is -0.359 e.